The molecule has 30 heavy (non-hydrogen) atoms. The Labute approximate surface area is 179 Å². The van der Waals surface area contributed by atoms with Crippen molar-refractivity contribution in [1.82, 2.24) is 4.90 Å². The summed E-state index contributed by atoms with van der Waals surface area (Å²) in [5.74, 6) is -0.494. The smallest absolute Gasteiger partial charge is 0.254 e. The fraction of sp³-hybridized carbons (Fsp3) is 0.130. The summed E-state index contributed by atoms with van der Waals surface area (Å²) in [6, 6.07) is 19.5. The van der Waals surface area contributed by atoms with E-state index in [1.807, 2.05) is 0 Å². The molecule has 3 aromatic rings. The van der Waals surface area contributed by atoms with Gasteiger partial charge in [0.2, 0.25) is 5.91 Å². The molecule has 0 atom stereocenters. The molecule has 3 aromatic carbocycles. The van der Waals surface area contributed by atoms with Gasteiger partial charge in [0.05, 0.1) is 17.3 Å². The second kappa shape index (κ2) is 9.89. The molecular formula is C23H20ClFN2O3. The lowest BCUT2D eigenvalue weighted by Crippen LogP contribution is -2.35. The number of nitrogens with zero attached hydrogens (tertiary/aromatic N) is 1. The zero-order chi connectivity index (χ0) is 21.5. The molecule has 0 unspecified atom stereocenters. The number of carbonyl (C=O) groups excluding carboxylic acids is 2. The van der Waals surface area contributed by atoms with Crippen molar-refractivity contribution in [1.29, 1.82) is 0 Å². The average molecular weight is 427 g/mol. The van der Waals surface area contributed by atoms with Gasteiger partial charge in [-0.25, -0.2) is 4.39 Å². The van der Waals surface area contributed by atoms with E-state index in [-0.39, 0.29) is 30.8 Å². The maximum atomic E-state index is 13.0. The van der Waals surface area contributed by atoms with Crippen LogP contribution in [0.3, 0.4) is 0 Å². The first kappa shape index (κ1) is 21.3. The van der Waals surface area contributed by atoms with Gasteiger partial charge >= 0.3 is 0 Å². The first-order valence-corrected chi connectivity index (χ1v) is 9.57. The van der Waals surface area contributed by atoms with Crippen LogP contribution >= 0.6 is 11.6 Å². The number of halogens is 2. The van der Waals surface area contributed by atoms with Gasteiger partial charge in [0, 0.05) is 12.6 Å². The van der Waals surface area contributed by atoms with Gasteiger partial charge in [-0.15, -0.1) is 0 Å². The summed E-state index contributed by atoms with van der Waals surface area (Å²) in [5.41, 5.74) is 1.68. The Morgan fingerprint density at radius 1 is 1.03 bits per heavy atom. The molecule has 154 valence electrons. The van der Waals surface area contributed by atoms with Crippen LogP contribution in [0.1, 0.15) is 15.9 Å². The molecule has 0 aliphatic carbocycles. The normalized spacial score (nSPS) is 10.4. The molecular weight excluding hydrogens is 407 g/mol. The highest BCUT2D eigenvalue weighted by molar-refractivity contribution is 6.33. The molecule has 0 saturated heterocycles. The van der Waals surface area contributed by atoms with E-state index < -0.39 is 0 Å². The van der Waals surface area contributed by atoms with Gasteiger partial charge in [0.1, 0.15) is 18.2 Å². The van der Waals surface area contributed by atoms with Gasteiger partial charge in [-0.2, -0.15) is 0 Å². The lowest BCUT2D eigenvalue weighted by molar-refractivity contribution is -0.116. The molecule has 0 bridgehead atoms. The minimum absolute atomic E-state index is 0.134. The van der Waals surface area contributed by atoms with E-state index >= 15 is 0 Å². The van der Waals surface area contributed by atoms with E-state index in [1.54, 1.807) is 67.7 Å². The Bertz CT molecular complexity index is 1040. The fourth-order valence-corrected chi connectivity index (χ4v) is 2.91. The number of carbonyl (C=O) groups is 2. The Hall–Kier alpha value is -3.38. The highest BCUT2D eigenvalue weighted by Gasteiger charge is 2.16. The van der Waals surface area contributed by atoms with Crippen LogP contribution in [0.4, 0.5) is 10.1 Å². The number of ether oxygens (including phenoxy) is 1. The number of amides is 2. The molecule has 7 heteroatoms. The van der Waals surface area contributed by atoms with Crippen LogP contribution in [-0.4, -0.2) is 30.3 Å². The van der Waals surface area contributed by atoms with Crippen molar-refractivity contribution in [2.75, 3.05) is 18.9 Å². The van der Waals surface area contributed by atoms with Crippen molar-refractivity contribution in [3.05, 3.63) is 94.8 Å². The molecule has 0 radical (unpaired) electrons. The lowest BCUT2D eigenvalue weighted by atomic mass is 10.2. The highest BCUT2D eigenvalue weighted by Crippen LogP contribution is 2.20. The predicted octanol–water partition coefficient (Wildman–Crippen LogP) is 4.77. The lowest BCUT2D eigenvalue weighted by Gasteiger charge is -2.17. The standard InChI is InChI=1S/C23H20ClFN2O3/c1-27(14-22(28)26-21-8-3-2-7-20(21)24)23(29)17-5-4-6-19(13-17)30-15-16-9-11-18(25)12-10-16/h2-13H,14-15H2,1H3,(H,26,28). The second-order valence-electron chi connectivity index (χ2n) is 6.63. The summed E-state index contributed by atoms with van der Waals surface area (Å²) in [6.07, 6.45) is 0. The van der Waals surface area contributed by atoms with Gasteiger partial charge in [0.15, 0.2) is 0 Å². The van der Waals surface area contributed by atoms with Crippen molar-refractivity contribution in [2.45, 2.75) is 6.61 Å². The van der Waals surface area contributed by atoms with Crippen molar-refractivity contribution in [2.24, 2.45) is 0 Å². The monoisotopic (exact) mass is 426 g/mol. The topological polar surface area (TPSA) is 58.6 Å². The number of rotatable bonds is 7. The number of anilines is 1. The van der Waals surface area contributed by atoms with Crippen LogP contribution in [0.15, 0.2) is 72.8 Å². The van der Waals surface area contributed by atoms with Crippen molar-refractivity contribution in [3.63, 3.8) is 0 Å². The zero-order valence-corrected chi connectivity index (χ0v) is 17.0. The van der Waals surface area contributed by atoms with E-state index in [9.17, 15) is 14.0 Å². The Balaban J connectivity index is 1.58. The molecule has 0 aliphatic rings. The van der Waals surface area contributed by atoms with Crippen LogP contribution in [0.25, 0.3) is 0 Å². The summed E-state index contributed by atoms with van der Waals surface area (Å²) in [4.78, 5) is 26.2. The number of hydrogen-bond donors (Lipinski definition) is 1. The molecule has 0 aromatic heterocycles. The first-order valence-electron chi connectivity index (χ1n) is 9.19. The Morgan fingerprint density at radius 3 is 2.50 bits per heavy atom. The number of nitrogens with one attached hydrogen (secondary N) is 1. The third-order valence-corrected chi connectivity index (χ3v) is 4.60. The maximum absolute atomic E-state index is 13.0. The van der Waals surface area contributed by atoms with Crippen LogP contribution in [0.5, 0.6) is 5.75 Å². The minimum Gasteiger partial charge on any atom is -0.489 e. The molecule has 1 N–H and O–H groups in total. The summed E-state index contributed by atoms with van der Waals surface area (Å²) in [7, 11) is 1.54. The first-order chi connectivity index (χ1) is 14.4. The Kier molecular flexibility index (Phi) is 7.03. The summed E-state index contributed by atoms with van der Waals surface area (Å²) < 4.78 is 18.7. The van der Waals surface area contributed by atoms with Gasteiger partial charge in [-0.3, -0.25) is 9.59 Å². The van der Waals surface area contributed by atoms with Crippen LogP contribution < -0.4 is 10.1 Å². The molecule has 0 spiro atoms. The van der Waals surface area contributed by atoms with Crippen LogP contribution in [0.2, 0.25) is 5.02 Å². The van der Waals surface area contributed by atoms with Crippen molar-refractivity contribution in [3.8, 4) is 5.75 Å². The van der Waals surface area contributed by atoms with E-state index in [1.165, 1.54) is 17.0 Å². The van der Waals surface area contributed by atoms with E-state index in [2.05, 4.69) is 5.32 Å². The van der Waals surface area contributed by atoms with E-state index in [4.69, 9.17) is 16.3 Å². The molecule has 0 aliphatic heterocycles. The Morgan fingerprint density at radius 2 is 1.77 bits per heavy atom. The molecule has 0 saturated carbocycles. The minimum atomic E-state index is -0.359. The van der Waals surface area contributed by atoms with Crippen molar-refractivity contribution < 1.29 is 18.7 Å². The van der Waals surface area contributed by atoms with E-state index in [0.29, 0.717) is 22.0 Å². The molecule has 2 amide bonds. The van der Waals surface area contributed by atoms with Gasteiger partial charge in [0.25, 0.3) is 5.91 Å². The third-order valence-electron chi connectivity index (χ3n) is 4.28. The molecule has 0 fully saturated rings. The predicted molar refractivity (Wildman–Crippen MR) is 114 cm³/mol. The summed E-state index contributed by atoms with van der Waals surface area (Å²) in [6.45, 7) is 0.110. The average Bonchev–Trinajstić information content (AvgIpc) is 2.74. The van der Waals surface area contributed by atoms with E-state index in [0.717, 1.165) is 5.56 Å². The highest BCUT2D eigenvalue weighted by atomic mass is 35.5. The summed E-state index contributed by atoms with van der Waals surface area (Å²) in [5, 5.41) is 3.11. The third kappa shape index (κ3) is 5.81. The van der Waals surface area contributed by atoms with Crippen molar-refractivity contribution >= 4 is 29.1 Å². The zero-order valence-electron chi connectivity index (χ0n) is 16.3. The number of benzene rings is 3. The number of para-hydroxylation sites is 1. The van der Waals surface area contributed by atoms with Gasteiger partial charge in [-0.1, -0.05) is 41.9 Å². The summed E-state index contributed by atoms with van der Waals surface area (Å²) >= 11 is 6.03. The second-order valence-corrected chi connectivity index (χ2v) is 7.04. The fourth-order valence-electron chi connectivity index (χ4n) is 2.73. The number of hydrogen-bond acceptors (Lipinski definition) is 3. The van der Waals surface area contributed by atoms with Crippen LogP contribution in [-0.2, 0) is 11.4 Å². The quantitative estimate of drug-likeness (QED) is 0.592. The molecule has 3 rings (SSSR count). The SMILES string of the molecule is CN(CC(=O)Nc1ccccc1Cl)C(=O)c1cccc(OCc2ccc(F)cc2)c1. The molecule has 5 nitrogen and oxygen atoms in total. The van der Waals surface area contributed by atoms with Crippen LogP contribution in [0, 0.1) is 5.82 Å². The van der Waals surface area contributed by atoms with Gasteiger partial charge < -0.3 is 15.0 Å². The molecule has 0 heterocycles. The maximum Gasteiger partial charge on any atom is 0.254 e. The number of likely N-dealkylation sites (N-methyl/N-ethyl adjacent to an activating group) is 1. The van der Waals surface area contributed by atoms with Gasteiger partial charge in [-0.05, 0) is 48.0 Å². The largest absolute Gasteiger partial charge is 0.489 e.